The smallest absolute Gasteiger partial charge is 0.161 e. The van der Waals surface area contributed by atoms with Gasteiger partial charge in [-0.15, -0.1) is 0 Å². The molecule has 0 spiro atoms. The van der Waals surface area contributed by atoms with Gasteiger partial charge in [-0.2, -0.15) is 5.10 Å². The molecule has 2 aromatic rings. The molecular weight excluding hydrogens is 259 g/mol. The molecule has 2 aromatic heterocycles. The van der Waals surface area contributed by atoms with Crippen LogP contribution in [0.5, 0.6) is 0 Å². The van der Waals surface area contributed by atoms with E-state index in [0.717, 1.165) is 23.4 Å². The highest BCUT2D eigenvalue weighted by Crippen LogP contribution is 2.25. The van der Waals surface area contributed by atoms with E-state index in [-0.39, 0.29) is 0 Å². The lowest BCUT2D eigenvalue weighted by Crippen LogP contribution is -2.07. The lowest BCUT2D eigenvalue weighted by molar-refractivity contribution is 0.784. The third-order valence-corrected chi connectivity index (χ3v) is 3.50. The van der Waals surface area contributed by atoms with Crippen LogP contribution >= 0.6 is 23.2 Å². The standard InChI is InChI=1S/C11H12Cl2N4/c1-4-8-10(13)14-5-15-11(8)17-7(3)9(12)6(2)16-17/h5H,4H2,1-3H3. The summed E-state index contributed by atoms with van der Waals surface area (Å²) in [6.45, 7) is 5.76. The highest BCUT2D eigenvalue weighted by Gasteiger charge is 2.16. The molecule has 4 nitrogen and oxygen atoms in total. The van der Waals surface area contributed by atoms with Crippen molar-refractivity contribution in [2.75, 3.05) is 0 Å². The molecule has 0 amide bonds. The Balaban J connectivity index is 2.68. The van der Waals surface area contributed by atoms with Crippen LogP contribution in [0.1, 0.15) is 23.9 Å². The van der Waals surface area contributed by atoms with E-state index >= 15 is 0 Å². The first-order valence-corrected chi connectivity index (χ1v) is 6.03. The maximum atomic E-state index is 6.12. The predicted octanol–water partition coefficient (Wildman–Crippen LogP) is 3.15. The van der Waals surface area contributed by atoms with Crippen LogP contribution in [0.2, 0.25) is 10.2 Å². The zero-order valence-corrected chi connectivity index (χ0v) is 11.3. The zero-order chi connectivity index (χ0) is 12.6. The third-order valence-electron chi connectivity index (χ3n) is 2.63. The molecule has 2 heterocycles. The summed E-state index contributed by atoms with van der Waals surface area (Å²) in [6, 6.07) is 0. The predicted molar refractivity (Wildman–Crippen MR) is 68.0 cm³/mol. The van der Waals surface area contributed by atoms with Gasteiger partial charge in [0, 0.05) is 5.56 Å². The Labute approximate surface area is 110 Å². The van der Waals surface area contributed by atoms with Crippen molar-refractivity contribution in [1.29, 1.82) is 0 Å². The van der Waals surface area contributed by atoms with E-state index in [1.54, 1.807) is 4.68 Å². The van der Waals surface area contributed by atoms with Gasteiger partial charge in [0.15, 0.2) is 5.82 Å². The van der Waals surface area contributed by atoms with Gasteiger partial charge in [-0.05, 0) is 20.3 Å². The van der Waals surface area contributed by atoms with Crippen LogP contribution in [0.15, 0.2) is 6.33 Å². The van der Waals surface area contributed by atoms with E-state index in [2.05, 4.69) is 15.1 Å². The molecule has 90 valence electrons. The molecule has 0 fully saturated rings. The van der Waals surface area contributed by atoms with Crippen molar-refractivity contribution in [2.45, 2.75) is 27.2 Å². The van der Waals surface area contributed by atoms with Crippen LogP contribution < -0.4 is 0 Å². The van der Waals surface area contributed by atoms with Crippen molar-refractivity contribution in [2.24, 2.45) is 0 Å². The fraction of sp³-hybridized carbons (Fsp3) is 0.364. The number of hydrogen-bond acceptors (Lipinski definition) is 3. The molecule has 0 saturated carbocycles. The Morgan fingerprint density at radius 1 is 1.24 bits per heavy atom. The maximum Gasteiger partial charge on any atom is 0.161 e. The van der Waals surface area contributed by atoms with E-state index in [1.807, 2.05) is 20.8 Å². The molecule has 0 aliphatic carbocycles. The minimum Gasteiger partial charge on any atom is -0.224 e. The Hall–Kier alpha value is -1.13. The summed E-state index contributed by atoms with van der Waals surface area (Å²) < 4.78 is 1.71. The van der Waals surface area contributed by atoms with E-state index in [0.29, 0.717) is 16.0 Å². The molecule has 17 heavy (non-hydrogen) atoms. The van der Waals surface area contributed by atoms with E-state index in [1.165, 1.54) is 6.33 Å². The average molecular weight is 271 g/mol. The summed E-state index contributed by atoms with van der Waals surface area (Å²) >= 11 is 12.2. The number of nitrogens with zero attached hydrogens (tertiary/aromatic N) is 4. The van der Waals surface area contributed by atoms with Gasteiger partial charge in [0.05, 0.1) is 16.4 Å². The van der Waals surface area contributed by atoms with Gasteiger partial charge in [0.1, 0.15) is 11.5 Å². The van der Waals surface area contributed by atoms with E-state index < -0.39 is 0 Å². The van der Waals surface area contributed by atoms with Crippen molar-refractivity contribution < 1.29 is 0 Å². The number of rotatable bonds is 2. The second kappa shape index (κ2) is 4.63. The molecule has 0 aliphatic rings. The fourth-order valence-corrected chi connectivity index (χ4v) is 2.08. The lowest BCUT2D eigenvalue weighted by atomic mass is 10.2. The molecule has 0 bridgehead atoms. The number of hydrogen-bond donors (Lipinski definition) is 0. The van der Waals surface area contributed by atoms with Crippen LogP contribution in [0.3, 0.4) is 0 Å². The average Bonchev–Trinajstić information content (AvgIpc) is 2.56. The summed E-state index contributed by atoms with van der Waals surface area (Å²) in [7, 11) is 0. The Morgan fingerprint density at radius 3 is 2.47 bits per heavy atom. The molecular formula is C11H12Cl2N4. The summed E-state index contributed by atoms with van der Waals surface area (Å²) in [6.07, 6.45) is 2.17. The SMILES string of the molecule is CCc1c(Cl)ncnc1-n1nc(C)c(Cl)c1C. The van der Waals surface area contributed by atoms with E-state index in [4.69, 9.17) is 23.2 Å². The first-order chi connectivity index (χ1) is 8.06. The Kier molecular flexibility index (Phi) is 3.35. The molecule has 0 aliphatic heterocycles. The van der Waals surface area contributed by atoms with Gasteiger partial charge >= 0.3 is 0 Å². The van der Waals surface area contributed by atoms with Crippen LogP contribution in [0.25, 0.3) is 5.82 Å². The molecule has 0 unspecified atom stereocenters. The zero-order valence-electron chi connectivity index (χ0n) is 9.83. The topological polar surface area (TPSA) is 43.6 Å². The third kappa shape index (κ3) is 2.03. The summed E-state index contributed by atoms with van der Waals surface area (Å²) in [5.74, 6) is 0.694. The van der Waals surface area contributed by atoms with Crippen molar-refractivity contribution in [3.63, 3.8) is 0 Å². The van der Waals surface area contributed by atoms with Gasteiger partial charge in [-0.3, -0.25) is 0 Å². The molecule has 0 atom stereocenters. The van der Waals surface area contributed by atoms with Gasteiger partial charge in [-0.25, -0.2) is 14.6 Å². The molecule has 0 saturated heterocycles. The summed E-state index contributed by atoms with van der Waals surface area (Å²) in [4.78, 5) is 8.22. The Bertz CT molecular complexity index is 563. The fourth-order valence-electron chi connectivity index (χ4n) is 1.70. The van der Waals surface area contributed by atoms with Gasteiger partial charge < -0.3 is 0 Å². The van der Waals surface area contributed by atoms with Crippen LogP contribution in [0.4, 0.5) is 0 Å². The second-order valence-electron chi connectivity index (χ2n) is 3.72. The normalized spacial score (nSPS) is 10.9. The second-order valence-corrected chi connectivity index (χ2v) is 4.45. The van der Waals surface area contributed by atoms with Crippen molar-refractivity contribution in [3.05, 3.63) is 33.5 Å². The lowest BCUT2D eigenvalue weighted by Gasteiger charge is -2.09. The Morgan fingerprint density at radius 2 is 1.94 bits per heavy atom. The molecule has 0 radical (unpaired) electrons. The number of aromatic nitrogens is 4. The molecule has 0 aromatic carbocycles. The summed E-state index contributed by atoms with van der Waals surface area (Å²) in [5, 5.41) is 5.48. The number of halogens is 2. The number of aryl methyl sites for hydroxylation is 1. The summed E-state index contributed by atoms with van der Waals surface area (Å²) in [5.41, 5.74) is 2.51. The van der Waals surface area contributed by atoms with Gasteiger partial charge in [0.2, 0.25) is 0 Å². The monoisotopic (exact) mass is 270 g/mol. The quantitative estimate of drug-likeness (QED) is 0.788. The molecule has 2 rings (SSSR count). The van der Waals surface area contributed by atoms with Crippen molar-refractivity contribution >= 4 is 23.2 Å². The minimum atomic E-state index is 0.459. The van der Waals surface area contributed by atoms with Gasteiger partial charge in [-0.1, -0.05) is 30.1 Å². The largest absolute Gasteiger partial charge is 0.224 e. The van der Waals surface area contributed by atoms with Crippen molar-refractivity contribution in [3.8, 4) is 5.82 Å². The highest BCUT2D eigenvalue weighted by molar-refractivity contribution is 6.32. The van der Waals surface area contributed by atoms with Crippen molar-refractivity contribution in [1.82, 2.24) is 19.7 Å². The van der Waals surface area contributed by atoms with E-state index in [9.17, 15) is 0 Å². The highest BCUT2D eigenvalue weighted by atomic mass is 35.5. The molecule has 6 heteroatoms. The minimum absolute atomic E-state index is 0.459. The maximum absolute atomic E-state index is 6.12. The van der Waals surface area contributed by atoms with Gasteiger partial charge in [0.25, 0.3) is 0 Å². The first-order valence-electron chi connectivity index (χ1n) is 5.27. The molecule has 0 N–H and O–H groups in total. The first kappa shape index (κ1) is 12.3. The van der Waals surface area contributed by atoms with Crippen LogP contribution in [-0.2, 0) is 6.42 Å². The van der Waals surface area contributed by atoms with Crippen LogP contribution in [-0.4, -0.2) is 19.7 Å². The van der Waals surface area contributed by atoms with Crippen LogP contribution in [0, 0.1) is 13.8 Å².